The lowest BCUT2D eigenvalue weighted by atomic mass is 10.0. The molecule has 0 fully saturated rings. The number of imidazole rings is 1. The van der Waals surface area contributed by atoms with Crippen LogP contribution in [0.2, 0.25) is 0 Å². The molecule has 3 rings (SSSR count). The fourth-order valence-electron chi connectivity index (χ4n) is 2.58. The molecule has 0 saturated carbocycles. The molecule has 23 heavy (non-hydrogen) atoms. The number of alkyl halides is 3. The Morgan fingerprint density at radius 2 is 1.83 bits per heavy atom. The number of fused-ring (bicyclic) bond motifs is 1. The molecule has 3 aromatic rings. The Morgan fingerprint density at radius 3 is 2.43 bits per heavy atom. The van der Waals surface area contributed by atoms with Gasteiger partial charge in [0.25, 0.3) is 0 Å². The monoisotopic (exact) mass is 319 g/mol. The van der Waals surface area contributed by atoms with Crippen LogP contribution in [0.5, 0.6) is 0 Å². The van der Waals surface area contributed by atoms with E-state index in [0.29, 0.717) is 17.0 Å². The van der Waals surface area contributed by atoms with Gasteiger partial charge in [0.15, 0.2) is 0 Å². The summed E-state index contributed by atoms with van der Waals surface area (Å²) in [6.07, 6.45) is -3.35. The van der Waals surface area contributed by atoms with E-state index in [9.17, 15) is 13.2 Å². The number of rotatable bonds is 2. The van der Waals surface area contributed by atoms with Crippen LogP contribution in [0, 0.1) is 13.8 Å². The molecule has 0 aliphatic rings. The number of pyridine rings is 1. The lowest BCUT2D eigenvalue weighted by Gasteiger charge is -2.08. The van der Waals surface area contributed by atoms with Crippen molar-refractivity contribution < 1.29 is 13.2 Å². The Bertz CT molecular complexity index is 879. The largest absolute Gasteiger partial charge is 0.417 e. The van der Waals surface area contributed by atoms with Crippen molar-refractivity contribution in [2.45, 2.75) is 26.6 Å². The summed E-state index contributed by atoms with van der Waals surface area (Å²) in [6.45, 7) is 4.09. The van der Waals surface area contributed by atoms with E-state index in [0.717, 1.165) is 29.0 Å². The summed E-state index contributed by atoms with van der Waals surface area (Å²) in [7, 11) is 0. The van der Waals surface area contributed by atoms with Crippen LogP contribution < -0.4 is 5.73 Å². The van der Waals surface area contributed by atoms with Crippen molar-refractivity contribution in [2.24, 2.45) is 5.73 Å². The Hall–Kier alpha value is -2.34. The topological polar surface area (TPSA) is 43.3 Å². The highest BCUT2D eigenvalue weighted by Crippen LogP contribution is 2.31. The second-order valence-corrected chi connectivity index (χ2v) is 5.55. The lowest BCUT2D eigenvalue weighted by molar-refractivity contribution is -0.137. The van der Waals surface area contributed by atoms with Gasteiger partial charge in [0.2, 0.25) is 0 Å². The first-order valence-corrected chi connectivity index (χ1v) is 7.17. The Kier molecular flexibility index (Phi) is 3.64. The van der Waals surface area contributed by atoms with Gasteiger partial charge in [-0.1, -0.05) is 12.1 Å². The summed E-state index contributed by atoms with van der Waals surface area (Å²) < 4.78 is 40.2. The van der Waals surface area contributed by atoms with Crippen molar-refractivity contribution in [2.75, 3.05) is 0 Å². The quantitative estimate of drug-likeness (QED) is 0.773. The zero-order chi connectivity index (χ0) is 16.8. The van der Waals surface area contributed by atoms with Crippen LogP contribution in [0.3, 0.4) is 0 Å². The van der Waals surface area contributed by atoms with E-state index in [1.165, 1.54) is 10.5 Å². The molecule has 0 atom stereocenters. The van der Waals surface area contributed by atoms with Gasteiger partial charge in [0.1, 0.15) is 5.65 Å². The van der Waals surface area contributed by atoms with E-state index in [1.54, 1.807) is 0 Å². The molecule has 2 aromatic heterocycles. The zero-order valence-corrected chi connectivity index (χ0v) is 12.8. The van der Waals surface area contributed by atoms with Gasteiger partial charge in [-0.2, -0.15) is 13.2 Å². The molecule has 120 valence electrons. The molecule has 2 N–H and O–H groups in total. The van der Waals surface area contributed by atoms with Gasteiger partial charge in [0.05, 0.1) is 17.0 Å². The number of benzene rings is 1. The number of aromatic nitrogens is 2. The molecule has 0 aliphatic heterocycles. The summed E-state index contributed by atoms with van der Waals surface area (Å²) >= 11 is 0. The molecule has 0 bridgehead atoms. The van der Waals surface area contributed by atoms with Crippen LogP contribution in [0.25, 0.3) is 16.9 Å². The van der Waals surface area contributed by atoms with E-state index < -0.39 is 11.7 Å². The Labute approximate surface area is 131 Å². The maximum absolute atomic E-state index is 12.9. The van der Waals surface area contributed by atoms with E-state index >= 15 is 0 Å². The summed E-state index contributed by atoms with van der Waals surface area (Å²) in [5.41, 5.74) is 9.79. The SMILES string of the molecule is Cc1ccc(-c2nc3ccc(C(F)(F)F)cn3c2CN)cc1C. The van der Waals surface area contributed by atoms with Crippen LogP contribution in [0.1, 0.15) is 22.4 Å². The molecule has 0 saturated heterocycles. The number of nitrogens with two attached hydrogens (primary N) is 1. The molecule has 0 unspecified atom stereocenters. The maximum Gasteiger partial charge on any atom is 0.417 e. The highest BCUT2D eigenvalue weighted by Gasteiger charge is 2.31. The Morgan fingerprint density at radius 1 is 1.09 bits per heavy atom. The van der Waals surface area contributed by atoms with Crippen LogP contribution in [-0.4, -0.2) is 9.38 Å². The number of halogens is 3. The normalized spacial score (nSPS) is 12.1. The minimum Gasteiger partial charge on any atom is -0.325 e. The second kappa shape index (κ2) is 5.38. The number of hydrogen-bond acceptors (Lipinski definition) is 2. The maximum atomic E-state index is 12.9. The number of aryl methyl sites for hydroxylation is 2. The first kappa shape index (κ1) is 15.6. The molecular formula is C17H16F3N3. The molecule has 3 nitrogen and oxygen atoms in total. The predicted octanol–water partition coefficient (Wildman–Crippen LogP) is 4.10. The van der Waals surface area contributed by atoms with E-state index in [-0.39, 0.29) is 6.54 Å². The lowest BCUT2D eigenvalue weighted by Crippen LogP contribution is -2.08. The third-order valence-electron chi connectivity index (χ3n) is 4.02. The zero-order valence-electron chi connectivity index (χ0n) is 12.8. The summed E-state index contributed by atoms with van der Waals surface area (Å²) in [5.74, 6) is 0. The van der Waals surface area contributed by atoms with Crippen LogP contribution >= 0.6 is 0 Å². The van der Waals surface area contributed by atoms with Crippen LogP contribution in [0.15, 0.2) is 36.5 Å². The summed E-state index contributed by atoms with van der Waals surface area (Å²) in [6, 6.07) is 8.25. The minimum absolute atomic E-state index is 0.102. The van der Waals surface area contributed by atoms with Crippen LogP contribution in [0.4, 0.5) is 13.2 Å². The van der Waals surface area contributed by atoms with E-state index in [1.807, 2.05) is 32.0 Å². The summed E-state index contributed by atoms with van der Waals surface area (Å²) in [4.78, 5) is 4.46. The molecule has 1 aromatic carbocycles. The van der Waals surface area contributed by atoms with Crippen molar-refractivity contribution in [3.63, 3.8) is 0 Å². The van der Waals surface area contributed by atoms with Crippen molar-refractivity contribution in [3.05, 3.63) is 58.9 Å². The molecule has 0 aliphatic carbocycles. The summed E-state index contributed by atoms with van der Waals surface area (Å²) in [5, 5.41) is 0. The van der Waals surface area contributed by atoms with Crippen LogP contribution in [-0.2, 0) is 12.7 Å². The molecule has 0 radical (unpaired) electrons. The molecular weight excluding hydrogens is 303 g/mol. The van der Waals surface area contributed by atoms with E-state index in [2.05, 4.69) is 4.98 Å². The first-order valence-electron chi connectivity index (χ1n) is 7.17. The smallest absolute Gasteiger partial charge is 0.325 e. The first-order chi connectivity index (χ1) is 10.8. The minimum atomic E-state index is -4.40. The predicted molar refractivity (Wildman–Crippen MR) is 83.0 cm³/mol. The Balaban J connectivity index is 2.23. The van der Waals surface area contributed by atoms with Gasteiger partial charge in [-0.25, -0.2) is 4.98 Å². The fourth-order valence-corrected chi connectivity index (χ4v) is 2.58. The second-order valence-electron chi connectivity index (χ2n) is 5.55. The molecule has 6 heteroatoms. The van der Waals surface area contributed by atoms with Gasteiger partial charge in [-0.15, -0.1) is 0 Å². The molecule has 0 amide bonds. The average Bonchev–Trinajstić information content (AvgIpc) is 2.86. The van der Waals surface area contributed by atoms with Gasteiger partial charge in [-0.3, -0.25) is 0 Å². The molecule has 0 spiro atoms. The highest BCUT2D eigenvalue weighted by molar-refractivity contribution is 5.68. The molecule has 2 heterocycles. The van der Waals surface area contributed by atoms with Gasteiger partial charge < -0.3 is 10.1 Å². The number of hydrogen-bond donors (Lipinski definition) is 1. The van der Waals surface area contributed by atoms with Gasteiger partial charge in [-0.05, 0) is 43.2 Å². The van der Waals surface area contributed by atoms with Gasteiger partial charge in [0, 0.05) is 18.3 Å². The third-order valence-corrected chi connectivity index (χ3v) is 4.02. The van der Waals surface area contributed by atoms with E-state index in [4.69, 9.17) is 5.73 Å². The standard InChI is InChI=1S/C17H16F3N3/c1-10-3-4-12(7-11(10)2)16-14(8-21)23-9-13(17(18,19)20)5-6-15(23)22-16/h3-7,9H,8,21H2,1-2H3. The van der Waals surface area contributed by atoms with Crippen molar-refractivity contribution in [1.29, 1.82) is 0 Å². The van der Waals surface area contributed by atoms with Crippen molar-refractivity contribution in [1.82, 2.24) is 9.38 Å². The van der Waals surface area contributed by atoms with Crippen molar-refractivity contribution >= 4 is 5.65 Å². The fraction of sp³-hybridized carbons (Fsp3) is 0.235. The van der Waals surface area contributed by atoms with Crippen molar-refractivity contribution in [3.8, 4) is 11.3 Å². The van der Waals surface area contributed by atoms with Gasteiger partial charge >= 0.3 is 6.18 Å². The highest BCUT2D eigenvalue weighted by atomic mass is 19.4. The number of nitrogens with zero attached hydrogens (tertiary/aromatic N) is 2. The average molecular weight is 319 g/mol. The third kappa shape index (κ3) is 2.70.